The van der Waals surface area contributed by atoms with Gasteiger partial charge in [0.15, 0.2) is 0 Å². The fourth-order valence-electron chi connectivity index (χ4n) is 6.86. The molecule has 220 valence electrons. The normalized spacial score (nSPS) is 12.9. The van der Waals surface area contributed by atoms with E-state index in [4.69, 9.17) is 11.8 Å². The molecule has 9 rings (SSSR count). The van der Waals surface area contributed by atoms with Gasteiger partial charge in [-0.1, -0.05) is 139 Å². The topological polar surface area (TPSA) is 30.7 Å². The number of benzene rings is 7. The van der Waals surface area contributed by atoms with Crippen molar-refractivity contribution >= 4 is 32.6 Å². The monoisotopic (exact) mass is 604 g/mol. The first-order chi connectivity index (χ1) is 25.4. The summed E-state index contributed by atoms with van der Waals surface area (Å²) in [4.78, 5) is 9.36. The minimum absolute atomic E-state index is 0.0501. The Morgan fingerprint density at radius 2 is 1.06 bits per heavy atom. The highest BCUT2D eigenvalue weighted by molar-refractivity contribution is 6.23. The molecule has 2 heterocycles. The molecule has 0 N–H and O–H groups in total. The number of pyridine rings is 1. The van der Waals surface area contributed by atoms with Crippen LogP contribution in [0, 0.1) is 0 Å². The van der Waals surface area contributed by atoms with E-state index in [1.807, 2.05) is 59.3 Å². The number of rotatable bonds is 5. The number of fused-ring (bicyclic) bond motifs is 3. The fourth-order valence-corrected chi connectivity index (χ4v) is 6.86. The van der Waals surface area contributed by atoms with Crippen molar-refractivity contribution in [1.29, 1.82) is 0 Å². The molecule has 0 bridgehead atoms. The molecule has 0 aliphatic rings. The van der Waals surface area contributed by atoms with Gasteiger partial charge in [-0.05, 0) is 68.1 Å². The van der Waals surface area contributed by atoms with Crippen LogP contribution in [0.1, 0.15) is 6.85 Å². The maximum absolute atomic E-state index is 8.89. The molecule has 3 nitrogen and oxygen atoms in total. The predicted octanol–water partition coefficient (Wildman–Crippen LogP) is 11.4. The summed E-state index contributed by atoms with van der Waals surface area (Å²) in [6, 6.07) is 43.3. The van der Waals surface area contributed by atoms with Crippen LogP contribution in [-0.2, 0) is 0 Å². The van der Waals surface area contributed by atoms with Crippen molar-refractivity contribution in [1.82, 2.24) is 14.5 Å². The van der Waals surface area contributed by atoms with Crippen molar-refractivity contribution in [3.05, 3.63) is 176 Å². The number of imidazole rings is 1. The smallest absolute Gasteiger partial charge is 0.145 e. The Balaban J connectivity index is 1.39. The van der Waals surface area contributed by atoms with E-state index < -0.39 is 18.1 Å². The first-order valence-electron chi connectivity index (χ1n) is 18.0. The van der Waals surface area contributed by atoms with Crippen molar-refractivity contribution in [2.45, 2.75) is 0 Å². The molecule has 2 aromatic heterocycles. The molecule has 0 saturated carbocycles. The molecule has 0 amide bonds. The van der Waals surface area contributed by atoms with E-state index in [0.29, 0.717) is 5.52 Å². The van der Waals surface area contributed by atoms with E-state index in [-0.39, 0.29) is 23.5 Å². The van der Waals surface area contributed by atoms with Crippen molar-refractivity contribution < 1.29 is 6.85 Å². The number of nitrogens with zero attached hydrogens (tertiary/aromatic N) is 3. The Labute approximate surface area is 280 Å². The summed E-state index contributed by atoms with van der Waals surface area (Å²) in [6.45, 7) is 0. The van der Waals surface area contributed by atoms with Crippen LogP contribution in [-0.4, -0.2) is 14.5 Å². The van der Waals surface area contributed by atoms with E-state index in [2.05, 4.69) is 89.9 Å². The Hall–Kier alpha value is -6.32. The third-order valence-electron chi connectivity index (χ3n) is 8.80. The summed E-state index contributed by atoms with van der Waals surface area (Å²) < 4.78 is 44.9. The van der Waals surface area contributed by atoms with Gasteiger partial charge in [0, 0.05) is 29.1 Å². The minimum atomic E-state index is -0.440. The van der Waals surface area contributed by atoms with Crippen LogP contribution in [0.2, 0.25) is 0 Å². The fraction of sp³-hybridized carbons (Fsp3) is 0. The molecule has 0 aliphatic heterocycles. The van der Waals surface area contributed by atoms with Crippen LogP contribution in [0.25, 0.3) is 83.0 Å². The Bertz CT molecular complexity index is 2780. The van der Waals surface area contributed by atoms with Gasteiger partial charge in [-0.2, -0.15) is 0 Å². The Kier molecular flexibility index (Phi) is 5.32. The van der Waals surface area contributed by atoms with Gasteiger partial charge in [-0.15, -0.1) is 0 Å². The summed E-state index contributed by atoms with van der Waals surface area (Å²) in [5, 5.41) is 4.28. The maximum Gasteiger partial charge on any atom is 0.145 e. The average Bonchev–Trinajstić information content (AvgIpc) is 3.57. The lowest BCUT2D eigenvalue weighted by molar-refractivity contribution is 1.10. The molecular formula is C44H29N3. The van der Waals surface area contributed by atoms with Crippen molar-refractivity contribution in [2.24, 2.45) is 0 Å². The van der Waals surface area contributed by atoms with Gasteiger partial charge in [0.25, 0.3) is 0 Å². The molecular weight excluding hydrogens is 571 g/mol. The molecule has 0 radical (unpaired) electrons. The van der Waals surface area contributed by atoms with Crippen molar-refractivity contribution in [3.63, 3.8) is 0 Å². The van der Waals surface area contributed by atoms with Gasteiger partial charge in [0.2, 0.25) is 0 Å². The van der Waals surface area contributed by atoms with Crippen LogP contribution in [0.4, 0.5) is 0 Å². The van der Waals surface area contributed by atoms with Crippen LogP contribution in [0.15, 0.2) is 176 Å². The second kappa shape index (κ2) is 11.2. The number of hydrogen-bond acceptors (Lipinski definition) is 2. The average molecular weight is 605 g/mol. The van der Waals surface area contributed by atoms with Crippen LogP contribution in [0.3, 0.4) is 0 Å². The van der Waals surface area contributed by atoms with Gasteiger partial charge >= 0.3 is 0 Å². The van der Waals surface area contributed by atoms with Crippen LogP contribution in [0.5, 0.6) is 0 Å². The summed E-state index contributed by atoms with van der Waals surface area (Å²) in [5.41, 5.74) is 8.52. The molecule has 3 heteroatoms. The second-order valence-electron chi connectivity index (χ2n) is 11.4. The lowest BCUT2D eigenvalue weighted by Crippen LogP contribution is -2.01. The summed E-state index contributed by atoms with van der Waals surface area (Å²) in [7, 11) is 0. The summed E-state index contributed by atoms with van der Waals surface area (Å²) >= 11 is 0. The number of hydrogen-bond donors (Lipinski definition) is 0. The molecule has 47 heavy (non-hydrogen) atoms. The summed E-state index contributed by atoms with van der Waals surface area (Å²) in [6.07, 6.45) is 3.69. The van der Waals surface area contributed by atoms with E-state index >= 15 is 0 Å². The zero-order chi connectivity index (χ0) is 35.5. The van der Waals surface area contributed by atoms with E-state index in [9.17, 15) is 0 Å². The first-order valence-corrected chi connectivity index (χ1v) is 15.5. The van der Waals surface area contributed by atoms with E-state index in [1.165, 1.54) is 0 Å². The van der Waals surface area contributed by atoms with Gasteiger partial charge in [-0.3, -0.25) is 9.55 Å². The Morgan fingerprint density at radius 1 is 0.489 bits per heavy atom. The van der Waals surface area contributed by atoms with E-state index in [0.717, 1.165) is 66.1 Å². The summed E-state index contributed by atoms with van der Waals surface area (Å²) in [5.74, 6) is 0.279. The zero-order valence-electron chi connectivity index (χ0n) is 30.2. The van der Waals surface area contributed by atoms with Crippen molar-refractivity contribution in [2.75, 3.05) is 0 Å². The maximum atomic E-state index is 8.89. The predicted molar refractivity (Wildman–Crippen MR) is 196 cm³/mol. The molecule has 0 unspecified atom stereocenters. The highest BCUT2D eigenvalue weighted by Gasteiger charge is 2.22. The number of para-hydroxylation sites is 3. The third-order valence-corrected chi connectivity index (χ3v) is 8.80. The lowest BCUT2D eigenvalue weighted by Gasteiger charge is -2.21. The molecule has 0 aliphatic carbocycles. The van der Waals surface area contributed by atoms with Crippen LogP contribution < -0.4 is 0 Å². The standard InChI is InChI=1S/C44H29N3/c1-2-15-30(16-3-1)44-46-39-25-11-13-27-41(39)47(44)40-26-12-10-24-38(40)43-36-22-8-6-20-34(36)42(35-21-7-9-23-37(35)43)33-19-5-4-18-32(33)31-17-14-28-45-29-31/h1-29H/i1D,2D,3D,15D,16D. The van der Waals surface area contributed by atoms with Gasteiger partial charge in [0.05, 0.1) is 23.6 Å². The highest BCUT2D eigenvalue weighted by atomic mass is 15.1. The molecule has 0 fully saturated rings. The van der Waals surface area contributed by atoms with Gasteiger partial charge in [-0.25, -0.2) is 4.98 Å². The quantitative estimate of drug-likeness (QED) is 0.183. The minimum Gasteiger partial charge on any atom is -0.292 e. The molecule has 0 atom stereocenters. The van der Waals surface area contributed by atoms with Gasteiger partial charge in [0.1, 0.15) is 5.82 Å². The zero-order valence-corrected chi connectivity index (χ0v) is 25.2. The van der Waals surface area contributed by atoms with Crippen molar-refractivity contribution in [3.8, 4) is 50.5 Å². The SMILES string of the molecule is [2H]c1c([2H])c([2H])c(-c2nc3ccccc3n2-c2ccccc2-c2c3ccccc3c(-c3ccccc3-c3cccnc3)c3ccccc23)c([2H])c1[2H]. The molecule has 0 spiro atoms. The first kappa shape index (κ1) is 22.2. The third kappa shape index (κ3) is 4.44. The largest absolute Gasteiger partial charge is 0.292 e. The number of aromatic nitrogens is 3. The van der Waals surface area contributed by atoms with Crippen LogP contribution >= 0.6 is 0 Å². The lowest BCUT2D eigenvalue weighted by atomic mass is 9.83. The van der Waals surface area contributed by atoms with E-state index in [1.54, 1.807) is 6.20 Å². The molecule has 7 aromatic carbocycles. The molecule has 9 aromatic rings. The second-order valence-corrected chi connectivity index (χ2v) is 11.4. The highest BCUT2D eigenvalue weighted by Crippen LogP contribution is 2.47. The van der Waals surface area contributed by atoms with Gasteiger partial charge < -0.3 is 0 Å². The Morgan fingerprint density at radius 3 is 1.74 bits per heavy atom. The molecule has 0 saturated heterocycles.